The van der Waals surface area contributed by atoms with Gasteiger partial charge in [-0.05, 0) is 36.9 Å². The first-order valence-corrected chi connectivity index (χ1v) is 7.98. The van der Waals surface area contributed by atoms with Crippen LogP contribution in [0.5, 0.6) is 0 Å². The summed E-state index contributed by atoms with van der Waals surface area (Å²) in [7, 11) is 2.09. The average molecular weight is 320 g/mol. The van der Waals surface area contributed by atoms with Crippen LogP contribution >= 0.6 is 22.9 Å². The Morgan fingerprint density at radius 1 is 1.24 bits per heavy atom. The third kappa shape index (κ3) is 5.53. The monoisotopic (exact) mass is 319 g/mol. The van der Waals surface area contributed by atoms with E-state index >= 15 is 0 Å². The van der Waals surface area contributed by atoms with E-state index in [-0.39, 0.29) is 6.61 Å². The molecule has 1 aromatic carbocycles. The highest BCUT2D eigenvalue weighted by atomic mass is 35.5. The minimum Gasteiger partial charge on any atom is -0.395 e. The molecular weight excluding hydrogens is 302 g/mol. The summed E-state index contributed by atoms with van der Waals surface area (Å²) in [6, 6.07) is 12.1. The second-order valence-electron chi connectivity index (χ2n) is 4.84. The molecule has 2 rings (SSSR count). The van der Waals surface area contributed by atoms with Crippen molar-refractivity contribution in [3.8, 4) is 11.8 Å². The highest BCUT2D eigenvalue weighted by Crippen LogP contribution is 2.18. The van der Waals surface area contributed by atoms with Crippen LogP contribution in [0.4, 0.5) is 0 Å². The van der Waals surface area contributed by atoms with Crippen molar-refractivity contribution in [3.05, 3.63) is 56.7 Å². The first-order valence-electron chi connectivity index (χ1n) is 6.79. The summed E-state index contributed by atoms with van der Waals surface area (Å²) < 4.78 is 0. The summed E-state index contributed by atoms with van der Waals surface area (Å²) in [4.78, 5) is 4.59. The van der Waals surface area contributed by atoms with Crippen LogP contribution in [-0.4, -0.2) is 23.7 Å². The number of rotatable bonds is 5. The molecule has 0 amide bonds. The molecule has 1 heterocycles. The van der Waals surface area contributed by atoms with Crippen molar-refractivity contribution in [1.82, 2.24) is 4.90 Å². The van der Waals surface area contributed by atoms with Crippen molar-refractivity contribution in [2.75, 3.05) is 13.7 Å². The Morgan fingerprint density at radius 2 is 2.10 bits per heavy atom. The molecule has 2 aromatic rings. The van der Waals surface area contributed by atoms with Gasteiger partial charge in [0.05, 0.1) is 11.5 Å². The normalized spacial score (nSPS) is 10.5. The lowest BCUT2D eigenvalue weighted by atomic mass is 10.2. The number of aliphatic hydroxyl groups excluding tert-OH is 1. The maximum atomic E-state index is 8.71. The molecule has 0 aliphatic rings. The summed E-state index contributed by atoms with van der Waals surface area (Å²) in [5.41, 5.74) is 1.21. The van der Waals surface area contributed by atoms with Crippen molar-refractivity contribution in [3.63, 3.8) is 0 Å². The van der Waals surface area contributed by atoms with E-state index in [1.807, 2.05) is 24.3 Å². The third-order valence-electron chi connectivity index (χ3n) is 2.88. The molecule has 0 aliphatic carbocycles. The van der Waals surface area contributed by atoms with Crippen LogP contribution in [0, 0.1) is 11.8 Å². The van der Waals surface area contributed by atoms with Gasteiger partial charge in [0, 0.05) is 29.4 Å². The zero-order chi connectivity index (χ0) is 15.1. The molecular formula is C17H18ClNOS. The molecule has 0 bridgehead atoms. The van der Waals surface area contributed by atoms with Crippen molar-refractivity contribution in [2.45, 2.75) is 19.5 Å². The molecule has 0 saturated heterocycles. The molecule has 0 unspecified atom stereocenters. The van der Waals surface area contributed by atoms with Crippen LogP contribution in [0.15, 0.2) is 36.4 Å². The molecule has 0 spiro atoms. The fraction of sp³-hybridized carbons (Fsp3) is 0.294. The van der Waals surface area contributed by atoms with Crippen molar-refractivity contribution >= 4 is 22.9 Å². The van der Waals surface area contributed by atoms with E-state index in [4.69, 9.17) is 16.7 Å². The van der Waals surface area contributed by atoms with Gasteiger partial charge in [-0.15, -0.1) is 11.3 Å². The van der Waals surface area contributed by atoms with E-state index in [1.54, 1.807) is 11.3 Å². The molecule has 0 aliphatic heterocycles. The molecule has 0 atom stereocenters. The van der Waals surface area contributed by atoms with E-state index in [2.05, 4.69) is 35.9 Å². The number of thiophene rings is 1. The Balaban J connectivity index is 1.91. The molecule has 1 N–H and O–H groups in total. The first-order chi connectivity index (χ1) is 10.2. The van der Waals surface area contributed by atoms with Crippen LogP contribution in [0.25, 0.3) is 0 Å². The lowest BCUT2D eigenvalue weighted by Gasteiger charge is -2.15. The SMILES string of the molecule is CN(Cc1cccc(Cl)c1)Cc1ccc(C#CCCO)s1. The molecule has 21 heavy (non-hydrogen) atoms. The minimum atomic E-state index is 0.119. The van der Waals surface area contributed by atoms with Gasteiger partial charge >= 0.3 is 0 Å². The second kappa shape index (κ2) is 8.21. The summed E-state index contributed by atoms with van der Waals surface area (Å²) in [5, 5.41) is 9.49. The van der Waals surface area contributed by atoms with Gasteiger partial charge in [-0.25, -0.2) is 0 Å². The van der Waals surface area contributed by atoms with Gasteiger partial charge in [-0.3, -0.25) is 4.90 Å². The van der Waals surface area contributed by atoms with Crippen LogP contribution in [0.3, 0.4) is 0 Å². The zero-order valence-corrected chi connectivity index (χ0v) is 13.5. The Kier molecular flexibility index (Phi) is 6.28. The predicted octanol–water partition coefficient (Wildman–Crippen LogP) is 3.77. The highest BCUT2D eigenvalue weighted by Gasteiger charge is 2.04. The predicted molar refractivity (Wildman–Crippen MR) is 89.5 cm³/mol. The van der Waals surface area contributed by atoms with Crippen molar-refractivity contribution < 1.29 is 5.11 Å². The van der Waals surface area contributed by atoms with Gasteiger partial charge in [0.2, 0.25) is 0 Å². The van der Waals surface area contributed by atoms with Crippen LogP contribution < -0.4 is 0 Å². The van der Waals surface area contributed by atoms with Gasteiger partial charge in [0.25, 0.3) is 0 Å². The Labute approximate surface area is 135 Å². The number of hydrogen-bond acceptors (Lipinski definition) is 3. The molecule has 1 aromatic heterocycles. The summed E-state index contributed by atoms with van der Waals surface area (Å²) in [6.07, 6.45) is 0.530. The van der Waals surface area contributed by atoms with Gasteiger partial charge < -0.3 is 5.11 Å². The second-order valence-corrected chi connectivity index (χ2v) is 6.45. The van der Waals surface area contributed by atoms with E-state index in [0.29, 0.717) is 6.42 Å². The maximum absolute atomic E-state index is 8.71. The van der Waals surface area contributed by atoms with Crippen LogP contribution in [0.1, 0.15) is 21.7 Å². The first kappa shape index (κ1) is 16.1. The lowest BCUT2D eigenvalue weighted by molar-refractivity contribution is 0.305. The Morgan fingerprint density at radius 3 is 2.86 bits per heavy atom. The van der Waals surface area contributed by atoms with Gasteiger partial charge in [-0.2, -0.15) is 0 Å². The number of benzene rings is 1. The number of nitrogens with zero attached hydrogens (tertiary/aromatic N) is 1. The van der Waals surface area contributed by atoms with E-state index < -0.39 is 0 Å². The van der Waals surface area contributed by atoms with E-state index in [9.17, 15) is 0 Å². The molecule has 0 saturated carbocycles. The average Bonchev–Trinajstić information content (AvgIpc) is 2.86. The van der Waals surface area contributed by atoms with Gasteiger partial charge in [-0.1, -0.05) is 35.6 Å². The van der Waals surface area contributed by atoms with Crippen LogP contribution in [0.2, 0.25) is 5.02 Å². The Bertz CT molecular complexity index is 641. The third-order valence-corrected chi connectivity index (χ3v) is 4.10. The number of aliphatic hydroxyl groups is 1. The quantitative estimate of drug-likeness (QED) is 0.848. The summed E-state index contributed by atoms with van der Waals surface area (Å²) in [6.45, 7) is 1.87. The standard InChI is InChI=1S/C17H18ClNOS/c1-19(12-14-5-4-6-15(18)11-14)13-17-9-8-16(21-17)7-2-3-10-20/h4-6,8-9,11,20H,3,10,12-13H2,1H3. The zero-order valence-electron chi connectivity index (χ0n) is 12.0. The van der Waals surface area contributed by atoms with Gasteiger partial charge in [0.1, 0.15) is 0 Å². The van der Waals surface area contributed by atoms with E-state index in [1.165, 1.54) is 10.4 Å². The molecule has 0 radical (unpaired) electrons. The largest absolute Gasteiger partial charge is 0.395 e. The Hall–Kier alpha value is -1.31. The fourth-order valence-corrected chi connectivity index (χ4v) is 3.18. The summed E-state index contributed by atoms with van der Waals surface area (Å²) in [5.74, 6) is 6.02. The van der Waals surface area contributed by atoms with E-state index in [0.717, 1.165) is 23.0 Å². The summed E-state index contributed by atoms with van der Waals surface area (Å²) >= 11 is 7.71. The molecule has 2 nitrogen and oxygen atoms in total. The van der Waals surface area contributed by atoms with Crippen molar-refractivity contribution in [2.24, 2.45) is 0 Å². The maximum Gasteiger partial charge on any atom is 0.0771 e. The molecule has 110 valence electrons. The minimum absolute atomic E-state index is 0.119. The van der Waals surface area contributed by atoms with Gasteiger partial charge in [0.15, 0.2) is 0 Å². The fourth-order valence-electron chi connectivity index (χ4n) is 2.00. The highest BCUT2D eigenvalue weighted by molar-refractivity contribution is 7.12. The number of hydrogen-bond donors (Lipinski definition) is 1. The molecule has 4 heteroatoms. The lowest BCUT2D eigenvalue weighted by Crippen LogP contribution is -2.16. The topological polar surface area (TPSA) is 23.5 Å². The van der Waals surface area contributed by atoms with Crippen molar-refractivity contribution in [1.29, 1.82) is 0 Å². The van der Waals surface area contributed by atoms with Crippen LogP contribution in [-0.2, 0) is 13.1 Å². The molecule has 0 fully saturated rings. The number of halogens is 1. The smallest absolute Gasteiger partial charge is 0.0771 e.